The Labute approximate surface area is 141 Å². The highest BCUT2D eigenvalue weighted by Gasteiger charge is 2.47. The Balaban J connectivity index is 0.000000815. The number of halogens is 4. The van der Waals surface area contributed by atoms with Crippen LogP contribution in [0.2, 0.25) is 5.02 Å². The van der Waals surface area contributed by atoms with Gasteiger partial charge in [-0.1, -0.05) is 25.4 Å². The number of hydrogen-bond donors (Lipinski definition) is 1. The molecular formula is C17H16ClF3N2O. The van der Waals surface area contributed by atoms with Crippen molar-refractivity contribution in [3.63, 3.8) is 0 Å². The van der Waals surface area contributed by atoms with E-state index in [1.807, 2.05) is 13.8 Å². The summed E-state index contributed by atoms with van der Waals surface area (Å²) in [7, 11) is 0. The van der Waals surface area contributed by atoms with Gasteiger partial charge in [-0.05, 0) is 41.5 Å². The summed E-state index contributed by atoms with van der Waals surface area (Å²) < 4.78 is 40.0. The maximum atomic E-state index is 13.3. The number of nitrogens with one attached hydrogen (secondary N) is 1. The van der Waals surface area contributed by atoms with Crippen LogP contribution in [0.15, 0.2) is 18.0 Å². The fraction of sp³-hybridized carbons (Fsp3) is 0.412. The minimum atomic E-state index is -4.64. The number of H-pyrrole nitrogens is 1. The number of fused-ring (bicyclic) bond motifs is 5. The van der Waals surface area contributed by atoms with Crippen LogP contribution in [0.5, 0.6) is 0 Å². The zero-order chi connectivity index (χ0) is 17.6. The van der Waals surface area contributed by atoms with Crippen LogP contribution >= 0.6 is 11.6 Å². The van der Waals surface area contributed by atoms with Crippen LogP contribution in [0, 0.1) is 5.92 Å². The number of allylic oxidation sites excluding steroid dienone is 2. The van der Waals surface area contributed by atoms with E-state index in [1.54, 1.807) is 0 Å². The van der Waals surface area contributed by atoms with Crippen molar-refractivity contribution in [2.24, 2.45) is 5.92 Å². The van der Waals surface area contributed by atoms with E-state index in [4.69, 9.17) is 11.6 Å². The average molecular weight is 357 g/mol. The third kappa shape index (κ3) is 2.44. The van der Waals surface area contributed by atoms with Crippen molar-refractivity contribution in [3.05, 3.63) is 34.1 Å². The molecule has 1 N–H and O–H groups in total. The number of hydrogen-bond acceptors (Lipinski definition) is 2. The number of carbonyl (C=O) groups excluding carboxylic acids is 1. The van der Waals surface area contributed by atoms with Gasteiger partial charge >= 0.3 is 6.18 Å². The molecule has 0 saturated heterocycles. The molecule has 128 valence electrons. The number of benzene rings is 1. The Kier molecular flexibility index (Phi) is 4.20. The third-order valence-electron chi connectivity index (χ3n) is 4.46. The summed E-state index contributed by atoms with van der Waals surface area (Å²) in [5.74, 6) is -1.11. The summed E-state index contributed by atoms with van der Waals surface area (Å²) in [5, 5.41) is 0.294. The Morgan fingerprint density at radius 3 is 2.71 bits per heavy atom. The fourth-order valence-electron chi connectivity index (χ4n) is 3.62. The second-order valence-electron chi connectivity index (χ2n) is 5.66. The van der Waals surface area contributed by atoms with Gasteiger partial charge in [0.25, 0.3) is 0 Å². The summed E-state index contributed by atoms with van der Waals surface area (Å²) >= 11 is 6.14. The van der Waals surface area contributed by atoms with Crippen LogP contribution in [-0.4, -0.2) is 21.9 Å². The van der Waals surface area contributed by atoms with Gasteiger partial charge in [-0.2, -0.15) is 13.2 Å². The number of ketones is 1. The highest BCUT2D eigenvalue weighted by molar-refractivity contribution is 6.35. The van der Waals surface area contributed by atoms with Crippen molar-refractivity contribution in [3.8, 4) is 0 Å². The quantitative estimate of drug-likeness (QED) is 0.714. The first-order chi connectivity index (χ1) is 11.4. The number of aromatic nitrogens is 2. The summed E-state index contributed by atoms with van der Waals surface area (Å²) in [4.78, 5) is 18.9. The number of imidazole rings is 1. The van der Waals surface area contributed by atoms with E-state index < -0.39 is 17.5 Å². The standard InChI is InChI=1S/C15H10ClF3N2O.C2H6/c16-9-4-7-8(13-14(9)21-5-20-13)3-6-1-2-10(22)12(11(6)7)15(17,18)19;1-2/h4-6H,1-3H2,(H,20,21);1-2H3. The van der Waals surface area contributed by atoms with E-state index >= 15 is 0 Å². The van der Waals surface area contributed by atoms with Gasteiger partial charge in [-0.15, -0.1) is 0 Å². The van der Waals surface area contributed by atoms with E-state index in [1.165, 1.54) is 12.4 Å². The predicted octanol–water partition coefficient (Wildman–Crippen LogP) is 5.09. The smallest absolute Gasteiger partial charge is 0.344 e. The van der Waals surface area contributed by atoms with Crippen LogP contribution in [0.25, 0.3) is 16.6 Å². The largest absolute Gasteiger partial charge is 0.420 e. The average Bonchev–Trinajstić information content (AvgIpc) is 3.13. The Hall–Kier alpha value is -1.82. The highest BCUT2D eigenvalue weighted by Crippen LogP contribution is 2.50. The molecule has 1 aromatic carbocycles. The van der Waals surface area contributed by atoms with Crippen molar-refractivity contribution >= 4 is 34.0 Å². The van der Waals surface area contributed by atoms with Crippen LogP contribution in [0.4, 0.5) is 13.2 Å². The molecule has 0 radical (unpaired) electrons. The van der Waals surface area contributed by atoms with Crippen LogP contribution in [0.3, 0.4) is 0 Å². The predicted molar refractivity (Wildman–Crippen MR) is 86.9 cm³/mol. The van der Waals surface area contributed by atoms with Crippen LogP contribution in [-0.2, 0) is 11.2 Å². The Morgan fingerprint density at radius 2 is 2.04 bits per heavy atom. The molecule has 1 heterocycles. The molecule has 0 amide bonds. The molecule has 1 unspecified atom stereocenters. The summed E-state index contributed by atoms with van der Waals surface area (Å²) in [6, 6.07) is 1.51. The lowest BCUT2D eigenvalue weighted by Crippen LogP contribution is -2.27. The molecule has 0 saturated carbocycles. The zero-order valence-corrected chi connectivity index (χ0v) is 14.0. The second kappa shape index (κ2) is 5.92. The van der Waals surface area contributed by atoms with Gasteiger partial charge in [0.05, 0.1) is 16.9 Å². The van der Waals surface area contributed by atoms with Gasteiger partial charge in [-0.25, -0.2) is 4.98 Å². The first-order valence-corrected chi connectivity index (χ1v) is 8.25. The van der Waals surface area contributed by atoms with Gasteiger partial charge in [0.15, 0.2) is 5.78 Å². The first kappa shape index (κ1) is 17.0. The number of Topliss-reactive ketones (excluding diaryl/α,β-unsaturated/α-hetero) is 1. The molecule has 0 spiro atoms. The number of aromatic amines is 1. The first-order valence-electron chi connectivity index (χ1n) is 7.87. The molecule has 2 aromatic rings. The molecule has 2 aliphatic rings. The maximum Gasteiger partial charge on any atom is 0.420 e. The number of carbonyl (C=O) groups is 1. The number of nitrogens with zero attached hydrogens (tertiary/aromatic N) is 1. The van der Waals surface area contributed by atoms with Gasteiger partial charge in [0, 0.05) is 6.42 Å². The lowest BCUT2D eigenvalue weighted by molar-refractivity contribution is -0.129. The third-order valence-corrected chi connectivity index (χ3v) is 4.75. The molecule has 1 aromatic heterocycles. The van der Waals surface area contributed by atoms with E-state index in [9.17, 15) is 18.0 Å². The number of alkyl halides is 3. The minimum Gasteiger partial charge on any atom is -0.344 e. The SMILES string of the molecule is CC.O=C1CCC2Cc3c(cc(Cl)c4nc[nH]c34)C2=C1C(F)(F)F. The summed E-state index contributed by atoms with van der Waals surface area (Å²) in [6.07, 6.45) is -2.30. The Bertz CT molecular complexity index is 851. The summed E-state index contributed by atoms with van der Waals surface area (Å²) in [5.41, 5.74) is 1.54. The molecule has 0 aliphatic heterocycles. The minimum absolute atomic E-state index is 0.0587. The number of rotatable bonds is 0. The maximum absolute atomic E-state index is 13.3. The molecular weight excluding hydrogens is 341 g/mol. The van der Waals surface area contributed by atoms with Crippen molar-refractivity contribution in [2.45, 2.75) is 39.3 Å². The molecule has 3 nitrogen and oxygen atoms in total. The monoisotopic (exact) mass is 356 g/mol. The lowest BCUT2D eigenvalue weighted by atomic mass is 9.82. The normalized spacial score (nSPS) is 19.9. The van der Waals surface area contributed by atoms with Crippen molar-refractivity contribution in [2.75, 3.05) is 0 Å². The molecule has 0 bridgehead atoms. The van der Waals surface area contributed by atoms with Crippen molar-refractivity contribution in [1.82, 2.24) is 9.97 Å². The molecule has 2 aliphatic carbocycles. The van der Waals surface area contributed by atoms with E-state index in [2.05, 4.69) is 9.97 Å². The van der Waals surface area contributed by atoms with Gasteiger partial charge < -0.3 is 4.98 Å². The lowest BCUT2D eigenvalue weighted by Gasteiger charge is -2.24. The molecule has 7 heteroatoms. The fourth-order valence-corrected chi connectivity index (χ4v) is 3.87. The van der Waals surface area contributed by atoms with Crippen LogP contribution in [0.1, 0.15) is 37.8 Å². The summed E-state index contributed by atoms with van der Waals surface area (Å²) in [6.45, 7) is 4.00. The Morgan fingerprint density at radius 1 is 1.33 bits per heavy atom. The van der Waals surface area contributed by atoms with Crippen LogP contribution < -0.4 is 0 Å². The topological polar surface area (TPSA) is 45.8 Å². The molecule has 4 rings (SSSR count). The zero-order valence-electron chi connectivity index (χ0n) is 13.2. The van der Waals surface area contributed by atoms with Gasteiger partial charge in [0.1, 0.15) is 11.1 Å². The molecule has 1 atom stereocenters. The molecule has 24 heavy (non-hydrogen) atoms. The van der Waals surface area contributed by atoms with Gasteiger partial charge in [0.2, 0.25) is 0 Å². The second-order valence-corrected chi connectivity index (χ2v) is 6.07. The van der Waals surface area contributed by atoms with E-state index in [-0.39, 0.29) is 17.9 Å². The van der Waals surface area contributed by atoms with E-state index in [0.717, 1.165) is 5.56 Å². The molecule has 0 fully saturated rings. The van der Waals surface area contributed by atoms with Crippen molar-refractivity contribution < 1.29 is 18.0 Å². The van der Waals surface area contributed by atoms with Gasteiger partial charge in [-0.3, -0.25) is 4.79 Å². The highest BCUT2D eigenvalue weighted by atomic mass is 35.5. The van der Waals surface area contributed by atoms with Crippen molar-refractivity contribution in [1.29, 1.82) is 0 Å². The van der Waals surface area contributed by atoms with E-state index in [0.29, 0.717) is 34.5 Å².